The van der Waals surface area contributed by atoms with Crippen LogP contribution in [0.25, 0.3) is 0 Å². The van der Waals surface area contributed by atoms with Crippen molar-refractivity contribution in [2.75, 3.05) is 13.1 Å². The topological polar surface area (TPSA) is 21.1 Å². The van der Waals surface area contributed by atoms with E-state index >= 15 is 0 Å². The van der Waals surface area contributed by atoms with E-state index in [1.807, 2.05) is 18.7 Å². The summed E-state index contributed by atoms with van der Waals surface area (Å²) in [6.07, 6.45) is 2.52. The summed E-state index contributed by atoms with van der Waals surface area (Å²) >= 11 is 3.62. The Bertz CT molecular complexity index is 333. The Morgan fingerprint density at radius 2 is 2.06 bits per heavy atom. The first-order chi connectivity index (χ1) is 7.60. The molecule has 0 aromatic carbocycles. The number of hydrogen-bond donors (Lipinski definition) is 0. The SMILES string of the molecule is CCCCN(CC)Cc1c(Br)c(C)nn1C. The molecule has 0 bridgehead atoms. The minimum Gasteiger partial charge on any atom is -0.298 e. The van der Waals surface area contributed by atoms with E-state index in [1.165, 1.54) is 25.1 Å². The molecule has 0 aliphatic rings. The van der Waals surface area contributed by atoms with Crippen molar-refractivity contribution in [3.05, 3.63) is 15.9 Å². The van der Waals surface area contributed by atoms with E-state index in [0.717, 1.165) is 23.3 Å². The lowest BCUT2D eigenvalue weighted by molar-refractivity contribution is 0.267. The second-order valence-electron chi connectivity index (χ2n) is 4.19. The number of aromatic nitrogens is 2. The second-order valence-corrected chi connectivity index (χ2v) is 4.99. The first-order valence-corrected chi connectivity index (χ1v) is 6.79. The Balaban J connectivity index is 2.69. The number of rotatable bonds is 6. The molecule has 0 atom stereocenters. The molecule has 1 aromatic heterocycles. The average Bonchev–Trinajstić information content (AvgIpc) is 2.50. The van der Waals surface area contributed by atoms with Crippen LogP contribution in [0.3, 0.4) is 0 Å². The van der Waals surface area contributed by atoms with Crippen LogP contribution in [0.5, 0.6) is 0 Å². The highest BCUT2D eigenvalue weighted by Gasteiger charge is 2.13. The van der Waals surface area contributed by atoms with Crippen LogP contribution in [-0.4, -0.2) is 27.8 Å². The van der Waals surface area contributed by atoms with Gasteiger partial charge >= 0.3 is 0 Å². The fraction of sp³-hybridized carbons (Fsp3) is 0.750. The third-order valence-electron chi connectivity index (χ3n) is 2.91. The predicted octanol–water partition coefficient (Wildman–Crippen LogP) is 3.11. The lowest BCUT2D eigenvalue weighted by Crippen LogP contribution is -2.25. The lowest BCUT2D eigenvalue weighted by Gasteiger charge is -2.20. The van der Waals surface area contributed by atoms with Gasteiger partial charge in [0.15, 0.2) is 0 Å². The highest BCUT2D eigenvalue weighted by molar-refractivity contribution is 9.10. The number of unbranched alkanes of at least 4 members (excludes halogenated alkanes) is 1. The fourth-order valence-electron chi connectivity index (χ4n) is 1.79. The zero-order valence-corrected chi connectivity index (χ0v) is 12.3. The summed E-state index contributed by atoms with van der Waals surface area (Å²) < 4.78 is 3.14. The summed E-state index contributed by atoms with van der Waals surface area (Å²) in [5, 5.41) is 4.42. The molecule has 4 heteroatoms. The van der Waals surface area contributed by atoms with Gasteiger partial charge in [0.25, 0.3) is 0 Å². The molecule has 1 aromatic rings. The summed E-state index contributed by atoms with van der Waals surface area (Å²) in [4.78, 5) is 2.46. The predicted molar refractivity (Wildman–Crippen MR) is 71.5 cm³/mol. The molecule has 0 saturated heterocycles. The van der Waals surface area contributed by atoms with Crippen molar-refractivity contribution in [3.8, 4) is 0 Å². The summed E-state index contributed by atoms with van der Waals surface area (Å²) in [5.74, 6) is 0. The maximum Gasteiger partial charge on any atom is 0.0739 e. The zero-order valence-electron chi connectivity index (χ0n) is 10.8. The van der Waals surface area contributed by atoms with Crippen LogP contribution in [0.15, 0.2) is 4.47 Å². The number of nitrogens with zero attached hydrogens (tertiary/aromatic N) is 3. The van der Waals surface area contributed by atoms with Gasteiger partial charge in [-0.3, -0.25) is 9.58 Å². The molecule has 0 radical (unpaired) electrons. The van der Waals surface area contributed by atoms with Gasteiger partial charge in [-0.2, -0.15) is 5.10 Å². The summed E-state index contributed by atoms with van der Waals surface area (Å²) in [7, 11) is 2.01. The van der Waals surface area contributed by atoms with Crippen molar-refractivity contribution in [1.82, 2.24) is 14.7 Å². The smallest absolute Gasteiger partial charge is 0.0739 e. The van der Waals surface area contributed by atoms with Crippen LogP contribution in [0.4, 0.5) is 0 Å². The van der Waals surface area contributed by atoms with Gasteiger partial charge in [-0.25, -0.2) is 0 Å². The zero-order chi connectivity index (χ0) is 12.1. The summed E-state index contributed by atoms with van der Waals surface area (Å²) in [5.41, 5.74) is 2.35. The third kappa shape index (κ3) is 3.32. The highest BCUT2D eigenvalue weighted by Crippen LogP contribution is 2.21. The van der Waals surface area contributed by atoms with Gasteiger partial charge in [0.2, 0.25) is 0 Å². The summed E-state index contributed by atoms with van der Waals surface area (Å²) in [6.45, 7) is 9.73. The monoisotopic (exact) mass is 287 g/mol. The quantitative estimate of drug-likeness (QED) is 0.802. The molecule has 0 saturated carbocycles. The van der Waals surface area contributed by atoms with Crippen molar-refractivity contribution in [1.29, 1.82) is 0 Å². The Hall–Kier alpha value is -0.350. The molecule has 0 aliphatic heterocycles. The van der Waals surface area contributed by atoms with Crippen LogP contribution in [0.1, 0.15) is 38.1 Å². The van der Waals surface area contributed by atoms with Crippen molar-refractivity contribution >= 4 is 15.9 Å². The van der Waals surface area contributed by atoms with Gasteiger partial charge in [-0.05, 0) is 42.4 Å². The summed E-state index contributed by atoms with van der Waals surface area (Å²) in [6, 6.07) is 0. The molecule has 3 nitrogen and oxygen atoms in total. The Labute approximate surface area is 107 Å². The molecule has 0 aliphatic carbocycles. The fourth-order valence-corrected chi connectivity index (χ4v) is 2.26. The van der Waals surface area contributed by atoms with Crippen molar-refractivity contribution in [2.24, 2.45) is 7.05 Å². The van der Waals surface area contributed by atoms with Crippen molar-refractivity contribution in [2.45, 2.75) is 40.2 Å². The first kappa shape index (κ1) is 13.7. The van der Waals surface area contributed by atoms with Crippen LogP contribution in [-0.2, 0) is 13.6 Å². The molecular weight excluding hydrogens is 266 g/mol. The third-order valence-corrected chi connectivity index (χ3v) is 3.94. The maximum absolute atomic E-state index is 4.42. The van der Waals surface area contributed by atoms with E-state index in [1.54, 1.807) is 0 Å². The maximum atomic E-state index is 4.42. The molecule has 1 heterocycles. The Morgan fingerprint density at radius 1 is 1.38 bits per heavy atom. The van der Waals surface area contributed by atoms with Crippen LogP contribution in [0, 0.1) is 6.92 Å². The van der Waals surface area contributed by atoms with Gasteiger partial charge < -0.3 is 0 Å². The molecular formula is C12H22BrN3. The normalized spacial score (nSPS) is 11.4. The van der Waals surface area contributed by atoms with Gasteiger partial charge in [-0.15, -0.1) is 0 Å². The van der Waals surface area contributed by atoms with E-state index in [2.05, 4.69) is 39.8 Å². The van der Waals surface area contributed by atoms with Crippen LogP contribution < -0.4 is 0 Å². The van der Waals surface area contributed by atoms with Crippen LogP contribution in [0.2, 0.25) is 0 Å². The van der Waals surface area contributed by atoms with E-state index < -0.39 is 0 Å². The Kier molecular flexibility index (Phi) is 5.49. The molecule has 1 rings (SSSR count). The lowest BCUT2D eigenvalue weighted by atomic mass is 10.3. The highest BCUT2D eigenvalue weighted by atomic mass is 79.9. The second kappa shape index (κ2) is 6.40. The Morgan fingerprint density at radius 3 is 2.50 bits per heavy atom. The minimum atomic E-state index is 0.981. The van der Waals surface area contributed by atoms with Crippen molar-refractivity contribution < 1.29 is 0 Å². The van der Waals surface area contributed by atoms with Crippen LogP contribution >= 0.6 is 15.9 Å². The molecule has 0 amide bonds. The molecule has 0 fully saturated rings. The first-order valence-electron chi connectivity index (χ1n) is 6.00. The standard InChI is InChI=1S/C12H22BrN3/c1-5-7-8-16(6-2)9-11-12(13)10(3)14-15(11)4/h5-9H2,1-4H3. The van der Waals surface area contributed by atoms with E-state index in [-0.39, 0.29) is 0 Å². The average molecular weight is 288 g/mol. The van der Waals surface area contributed by atoms with Gasteiger partial charge in [0.1, 0.15) is 0 Å². The van der Waals surface area contributed by atoms with Gasteiger partial charge in [0.05, 0.1) is 15.9 Å². The molecule has 0 unspecified atom stereocenters. The number of aryl methyl sites for hydroxylation is 2. The van der Waals surface area contributed by atoms with Gasteiger partial charge in [0, 0.05) is 13.6 Å². The van der Waals surface area contributed by atoms with Crippen molar-refractivity contribution in [3.63, 3.8) is 0 Å². The molecule has 0 spiro atoms. The van der Waals surface area contributed by atoms with E-state index in [4.69, 9.17) is 0 Å². The molecule has 0 N–H and O–H groups in total. The largest absolute Gasteiger partial charge is 0.298 e. The minimum absolute atomic E-state index is 0.981. The van der Waals surface area contributed by atoms with Gasteiger partial charge in [-0.1, -0.05) is 20.3 Å². The number of hydrogen-bond acceptors (Lipinski definition) is 2. The van der Waals surface area contributed by atoms with E-state index in [9.17, 15) is 0 Å². The molecule has 92 valence electrons. The molecule has 16 heavy (non-hydrogen) atoms. The van der Waals surface area contributed by atoms with E-state index in [0.29, 0.717) is 0 Å². The number of halogens is 1.